The molecule has 1 amide bonds. The summed E-state index contributed by atoms with van der Waals surface area (Å²) in [5.41, 5.74) is 3.35. The third kappa shape index (κ3) is 7.55. The highest BCUT2D eigenvalue weighted by molar-refractivity contribution is 7.17. The Hall–Kier alpha value is -4.96. The van der Waals surface area contributed by atoms with Gasteiger partial charge in [-0.3, -0.25) is 14.5 Å². The number of Topliss-reactive ketones (excluding diaryl/α,β-unsaturated/α-hetero) is 1. The Morgan fingerprint density at radius 2 is 1.64 bits per heavy atom. The molecule has 0 bridgehead atoms. The number of aryl methyl sites for hydroxylation is 2. The molecule has 9 nitrogen and oxygen atoms in total. The molecule has 1 aromatic heterocycles. The zero-order chi connectivity index (χ0) is 33.5. The van der Waals surface area contributed by atoms with Crippen molar-refractivity contribution in [2.75, 3.05) is 18.1 Å². The monoisotopic (exact) mass is 654 g/mol. The van der Waals surface area contributed by atoms with E-state index in [2.05, 4.69) is 11.9 Å². The number of thiazole rings is 1. The van der Waals surface area contributed by atoms with Crippen molar-refractivity contribution < 1.29 is 33.7 Å². The lowest BCUT2D eigenvalue weighted by atomic mass is 9.95. The van der Waals surface area contributed by atoms with Gasteiger partial charge in [0.25, 0.3) is 5.78 Å². The number of ketones is 1. The number of hydrogen-bond donors (Lipinski definition) is 1. The van der Waals surface area contributed by atoms with Crippen LogP contribution in [0.4, 0.5) is 5.13 Å². The predicted molar refractivity (Wildman–Crippen MR) is 181 cm³/mol. The molecule has 0 saturated carbocycles. The third-order valence-corrected chi connectivity index (χ3v) is 8.86. The number of rotatable bonds is 13. The first-order valence-corrected chi connectivity index (χ1v) is 16.5. The summed E-state index contributed by atoms with van der Waals surface area (Å²) in [5, 5.41) is 11.7. The Bertz CT molecular complexity index is 1780. The van der Waals surface area contributed by atoms with Gasteiger partial charge in [-0.25, -0.2) is 9.78 Å². The predicted octanol–water partition coefficient (Wildman–Crippen LogP) is 7.71. The molecule has 4 aromatic rings. The molecule has 1 saturated heterocycles. The van der Waals surface area contributed by atoms with E-state index in [-0.39, 0.29) is 27.9 Å². The lowest BCUT2D eigenvalue weighted by Crippen LogP contribution is -2.29. The lowest BCUT2D eigenvalue weighted by molar-refractivity contribution is -0.132. The van der Waals surface area contributed by atoms with Crippen LogP contribution >= 0.6 is 11.3 Å². The summed E-state index contributed by atoms with van der Waals surface area (Å²) < 4.78 is 17.0. The minimum atomic E-state index is -1.01. The van der Waals surface area contributed by atoms with Gasteiger partial charge in [-0.2, -0.15) is 0 Å². The number of anilines is 1. The molecule has 3 aromatic carbocycles. The number of carbonyl (C=O) groups is 3. The number of nitrogens with zero attached hydrogens (tertiary/aromatic N) is 2. The van der Waals surface area contributed by atoms with Crippen molar-refractivity contribution in [2.24, 2.45) is 0 Å². The first-order chi connectivity index (χ1) is 22.7. The topological polar surface area (TPSA) is 115 Å². The molecule has 1 aliphatic rings. The minimum Gasteiger partial charge on any atom is -0.507 e. The average molecular weight is 655 g/mol. The quantitative estimate of drug-likeness (QED) is 0.0513. The molecular weight excluding hydrogens is 616 g/mol. The van der Waals surface area contributed by atoms with Gasteiger partial charge in [0.15, 0.2) is 5.13 Å². The molecule has 47 heavy (non-hydrogen) atoms. The van der Waals surface area contributed by atoms with E-state index in [1.54, 1.807) is 62.4 Å². The van der Waals surface area contributed by atoms with Gasteiger partial charge in [-0.05, 0) is 74.7 Å². The smallest absolute Gasteiger partial charge is 0.350 e. The second-order valence-corrected chi connectivity index (χ2v) is 12.2. The van der Waals surface area contributed by atoms with Gasteiger partial charge in [0.05, 0.1) is 30.5 Å². The number of unbranched alkanes of at least 4 members (excludes halogenated alkanes) is 2. The Balaban J connectivity index is 1.50. The van der Waals surface area contributed by atoms with Crippen molar-refractivity contribution in [3.63, 3.8) is 0 Å². The van der Waals surface area contributed by atoms with Crippen molar-refractivity contribution in [3.05, 3.63) is 111 Å². The highest BCUT2D eigenvalue weighted by atomic mass is 32.1. The summed E-state index contributed by atoms with van der Waals surface area (Å²) in [6.07, 6.45) is 3.08. The molecule has 0 aliphatic carbocycles. The second kappa shape index (κ2) is 15.1. The summed E-state index contributed by atoms with van der Waals surface area (Å²) in [4.78, 5) is 45.9. The van der Waals surface area contributed by atoms with E-state index in [9.17, 15) is 19.5 Å². The fourth-order valence-corrected chi connectivity index (χ4v) is 6.33. The molecule has 1 unspecified atom stereocenters. The summed E-state index contributed by atoms with van der Waals surface area (Å²) in [6, 6.07) is 20.8. The fraction of sp³-hybridized carbons (Fsp3) is 0.297. The Labute approximate surface area is 278 Å². The van der Waals surface area contributed by atoms with Crippen molar-refractivity contribution >= 4 is 39.9 Å². The van der Waals surface area contributed by atoms with E-state index < -0.39 is 23.7 Å². The SMILES string of the molecule is CCCCCOc1ccc(C2C(=C(O)c3ccc(OCc4cccc(C)c4)cc3)C(=O)C(=O)N2c2nc(C)c(C(=O)OCC)s2)cc1. The van der Waals surface area contributed by atoms with E-state index in [0.717, 1.165) is 41.7 Å². The van der Waals surface area contributed by atoms with Gasteiger partial charge >= 0.3 is 11.9 Å². The van der Waals surface area contributed by atoms with Crippen LogP contribution in [-0.4, -0.2) is 41.0 Å². The van der Waals surface area contributed by atoms with Crippen molar-refractivity contribution in [1.29, 1.82) is 0 Å². The van der Waals surface area contributed by atoms with E-state index >= 15 is 0 Å². The Kier molecular flexibility index (Phi) is 10.7. The number of benzene rings is 3. The van der Waals surface area contributed by atoms with Gasteiger partial charge < -0.3 is 19.3 Å². The maximum absolute atomic E-state index is 13.7. The van der Waals surface area contributed by atoms with Crippen LogP contribution in [0.15, 0.2) is 78.4 Å². The van der Waals surface area contributed by atoms with Gasteiger partial charge in [0.1, 0.15) is 28.7 Å². The first kappa shape index (κ1) is 33.4. The Morgan fingerprint density at radius 3 is 2.32 bits per heavy atom. The van der Waals surface area contributed by atoms with Crippen LogP contribution in [0.1, 0.15) is 76.8 Å². The van der Waals surface area contributed by atoms with Gasteiger partial charge in [-0.1, -0.05) is 73.1 Å². The molecular formula is C37H38N2O7S. The zero-order valence-electron chi connectivity index (χ0n) is 26.9. The van der Waals surface area contributed by atoms with Crippen LogP contribution in [0.5, 0.6) is 11.5 Å². The molecule has 0 spiro atoms. The van der Waals surface area contributed by atoms with Crippen molar-refractivity contribution in [2.45, 2.75) is 59.6 Å². The lowest BCUT2D eigenvalue weighted by Gasteiger charge is -2.23. The standard InChI is InChI=1S/C37H38N2O7S/c1-5-7-8-20-45-28-16-12-26(13-17-28)31-30(33(41)35(42)39(31)37-38-24(4)34(47-37)36(43)44-6-2)32(40)27-14-18-29(19-15-27)46-22-25-11-9-10-23(3)21-25/h9-19,21,31,40H,5-8,20,22H2,1-4H3. The number of hydrogen-bond acceptors (Lipinski definition) is 9. The zero-order valence-corrected chi connectivity index (χ0v) is 27.8. The summed E-state index contributed by atoms with van der Waals surface area (Å²) in [6.45, 7) is 8.61. The number of aromatic nitrogens is 1. The van der Waals surface area contributed by atoms with Crippen LogP contribution in [0.2, 0.25) is 0 Å². The van der Waals surface area contributed by atoms with Crippen LogP contribution < -0.4 is 14.4 Å². The third-order valence-electron chi connectivity index (χ3n) is 7.72. The largest absolute Gasteiger partial charge is 0.507 e. The number of ether oxygens (including phenoxy) is 3. The Morgan fingerprint density at radius 1 is 0.936 bits per heavy atom. The molecule has 1 N–H and O–H groups in total. The molecule has 1 atom stereocenters. The van der Waals surface area contributed by atoms with E-state index in [4.69, 9.17) is 14.2 Å². The van der Waals surface area contributed by atoms with Gasteiger partial charge in [0.2, 0.25) is 0 Å². The van der Waals surface area contributed by atoms with Crippen molar-refractivity contribution in [1.82, 2.24) is 4.98 Å². The van der Waals surface area contributed by atoms with E-state index in [1.165, 1.54) is 4.90 Å². The van der Waals surface area contributed by atoms with Gasteiger partial charge in [0, 0.05) is 5.56 Å². The summed E-state index contributed by atoms with van der Waals surface area (Å²) >= 11 is 0.966. The fourth-order valence-electron chi connectivity index (χ4n) is 5.34. The molecule has 1 fully saturated rings. The van der Waals surface area contributed by atoms with Crippen LogP contribution in [-0.2, 0) is 20.9 Å². The maximum Gasteiger partial charge on any atom is 0.350 e. The molecule has 5 rings (SSSR count). The summed E-state index contributed by atoms with van der Waals surface area (Å²) in [5.74, 6) is -1.38. The maximum atomic E-state index is 13.7. The molecule has 0 radical (unpaired) electrons. The minimum absolute atomic E-state index is 0.0921. The number of aliphatic hydroxyl groups is 1. The first-order valence-electron chi connectivity index (χ1n) is 15.7. The van der Waals surface area contributed by atoms with Crippen molar-refractivity contribution in [3.8, 4) is 11.5 Å². The highest BCUT2D eigenvalue weighted by Crippen LogP contribution is 2.44. The summed E-state index contributed by atoms with van der Waals surface area (Å²) in [7, 11) is 0. The molecule has 244 valence electrons. The number of carbonyl (C=O) groups excluding carboxylic acids is 3. The highest BCUT2D eigenvalue weighted by Gasteiger charge is 2.48. The number of amides is 1. The van der Waals surface area contributed by atoms with E-state index in [0.29, 0.717) is 41.5 Å². The molecule has 2 heterocycles. The molecule has 1 aliphatic heterocycles. The van der Waals surface area contributed by atoms with Crippen LogP contribution in [0.25, 0.3) is 5.76 Å². The molecule has 10 heteroatoms. The van der Waals surface area contributed by atoms with Crippen LogP contribution in [0, 0.1) is 13.8 Å². The number of aliphatic hydroxyl groups excluding tert-OH is 1. The second-order valence-electron chi connectivity index (χ2n) is 11.2. The van der Waals surface area contributed by atoms with Crippen LogP contribution in [0.3, 0.4) is 0 Å². The number of esters is 1. The average Bonchev–Trinajstić information content (AvgIpc) is 3.58. The van der Waals surface area contributed by atoms with E-state index in [1.807, 2.05) is 31.2 Å². The normalized spacial score (nSPS) is 15.6. The van der Waals surface area contributed by atoms with Gasteiger partial charge in [-0.15, -0.1) is 0 Å².